The van der Waals surface area contributed by atoms with E-state index in [4.69, 9.17) is 4.42 Å². The van der Waals surface area contributed by atoms with Crippen molar-refractivity contribution >= 4 is 22.7 Å². The molecule has 4 nitrogen and oxygen atoms in total. The molecule has 0 bridgehead atoms. The van der Waals surface area contributed by atoms with Crippen molar-refractivity contribution in [2.45, 2.75) is 17.2 Å². The van der Waals surface area contributed by atoms with Crippen molar-refractivity contribution < 1.29 is 17.6 Å². The van der Waals surface area contributed by atoms with Gasteiger partial charge >= 0.3 is 6.18 Å². The summed E-state index contributed by atoms with van der Waals surface area (Å²) < 4.78 is 44.0. The minimum Gasteiger partial charge on any atom is -0.411 e. The largest absolute Gasteiger partial charge is 0.416 e. The molecule has 0 aliphatic rings. The highest BCUT2D eigenvalue weighted by Gasteiger charge is 2.30. The lowest BCUT2D eigenvalue weighted by atomic mass is 10.1. The molecule has 136 valence electrons. The molecule has 4 aromatic rings. The van der Waals surface area contributed by atoms with Gasteiger partial charge in [-0.1, -0.05) is 36.0 Å². The van der Waals surface area contributed by atoms with Crippen LogP contribution in [-0.4, -0.2) is 15.2 Å². The fourth-order valence-corrected chi connectivity index (χ4v) is 3.28. The molecular weight excluding hydrogens is 375 g/mol. The Morgan fingerprint density at radius 3 is 2.70 bits per heavy atom. The van der Waals surface area contributed by atoms with E-state index in [1.54, 1.807) is 12.3 Å². The summed E-state index contributed by atoms with van der Waals surface area (Å²) in [5, 5.41) is 9.24. The van der Waals surface area contributed by atoms with Gasteiger partial charge in [0.05, 0.1) is 11.1 Å². The van der Waals surface area contributed by atoms with Gasteiger partial charge in [-0.3, -0.25) is 4.98 Å². The van der Waals surface area contributed by atoms with Gasteiger partial charge < -0.3 is 4.42 Å². The summed E-state index contributed by atoms with van der Waals surface area (Å²) in [6, 6.07) is 14.6. The maximum Gasteiger partial charge on any atom is 0.416 e. The smallest absolute Gasteiger partial charge is 0.411 e. The normalized spacial score (nSPS) is 11.8. The van der Waals surface area contributed by atoms with E-state index in [1.165, 1.54) is 17.8 Å². The molecule has 8 heteroatoms. The minimum atomic E-state index is -4.36. The van der Waals surface area contributed by atoms with Gasteiger partial charge in [0, 0.05) is 22.9 Å². The molecule has 27 heavy (non-hydrogen) atoms. The van der Waals surface area contributed by atoms with Crippen molar-refractivity contribution in [1.82, 2.24) is 15.2 Å². The van der Waals surface area contributed by atoms with Gasteiger partial charge in [0.1, 0.15) is 0 Å². The van der Waals surface area contributed by atoms with Crippen LogP contribution in [0.5, 0.6) is 0 Å². The second-order valence-corrected chi connectivity index (χ2v) is 6.70. The fourth-order valence-electron chi connectivity index (χ4n) is 2.58. The number of rotatable bonds is 4. The van der Waals surface area contributed by atoms with E-state index in [0.717, 1.165) is 28.6 Å². The van der Waals surface area contributed by atoms with Crippen LogP contribution in [0.15, 0.2) is 70.4 Å². The third-order valence-corrected chi connectivity index (χ3v) is 4.76. The maximum atomic E-state index is 12.8. The average Bonchev–Trinajstić information content (AvgIpc) is 3.15. The second kappa shape index (κ2) is 7.03. The molecule has 2 heterocycles. The lowest BCUT2D eigenvalue weighted by Gasteiger charge is -2.07. The van der Waals surface area contributed by atoms with E-state index in [9.17, 15) is 13.2 Å². The second-order valence-electron chi connectivity index (χ2n) is 5.77. The first-order valence-corrected chi connectivity index (χ1v) is 8.95. The third-order valence-electron chi connectivity index (χ3n) is 3.87. The summed E-state index contributed by atoms with van der Waals surface area (Å²) in [7, 11) is 0. The summed E-state index contributed by atoms with van der Waals surface area (Å²) in [5.74, 6) is 0.653. The topological polar surface area (TPSA) is 51.8 Å². The molecule has 0 aliphatic carbocycles. The number of nitrogens with zero attached hydrogens (tertiary/aromatic N) is 3. The molecule has 0 fully saturated rings. The van der Waals surface area contributed by atoms with Crippen molar-refractivity contribution in [3.63, 3.8) is 0 Å². The van der Waals surface area contributed by atoms with Gasteiger partial charge in [0.15, 0.2) is 0 Å². The molecule has 0 radical (unpaired) electrons. The first kappa shape index (κ1) is 17.5. The molecule has 0 saturated carbocycles. The lowest BCUT2D eigenvalue weighted by molar-refractivity contribution is -0.137. The first-order valence-electron chi connectivity index (χ1n) is 7.97. The number of alkyl halides is 3. The summed E-state index contributed by atoms with van der Waals surface area (Å²) >= 11 is 1.19. The Morgan fingerprint density at radius 2 is 1.85 bits per heavy atom. The zero-order valence-electron chi connectivity index (χ0n) is 13.8. The monoisotopic (exact) mass is 387 g/mol. The van der Waals surface area contributed by atoms with Crippen LogP contribution in [0.1, 0.15) is 11.1 Å². The number of fused-ring (bicyclic) bond motifs is 1. The van der Waals surface area contributed by atoms with Crippen LogP contribution in [0, 0.1) is 0 Å². The summed E-state index contributed by atoms with van der Waals surface area (Å²) in [4.78, 5) is 4.26. The average molecular weight is 387 g/mol. The van der Waals surface area contributed by atoms with Crippen molar-refractivity contribution in [1.29, 1.82) is 0 Å². The molecule has 0 amide bonds. The van der Waals surface area contributed by atoms with E-state index in [1.807, 2.05) is 30.3 Å². The summed E-state index contributed by atoms with van der Waals surface area (Å²) in [5.41, 5.74) is 1.48. The van der Waals surface area contributed by atoms with E-state index >= 15 is 0 Å². The van der Waals surface area contributed by atoms with E-state index in [-0.39, 0.29) is 0 Å². The van der Waals surface area contributed by atoms with Gasteiger partial charge in [-0.2, -0.15) is 13.2 Å². The van der Waals surface area contributed by atoms with Gasteiger partial charge in [-0.05, 0) is 35.9 Å². The zero-order chi connectivity index (χ0) is 18.9. The van der Waals surface area contributed by atoms with Gasteiger partial charge in [0.25, 0.3) is 5.22 Å². The number of hydrogen-bond acceptors (Lipinski definition) is 5. The van der Waals surface area contributed by atoms with Crippen molar-refractivity contribution in [3.8, 4) is 11.5 Å². The molecule has 0 spiro atoms. The lowest BCUT2D eigenvalue weighted by Crippen LogP contribution is -2.04. The van der Waals surface area contributed by atoms with E-state index in [0.29, 0.717) is 22.4 Å². The Kier molecular flexibility index (Phi) is 4.57. The molecule has 2 aromatic carbocycles. The van der Waals surface area contributed by atoms with Gasteiger partial charge in [-0.15, -0.1) is 10.2 Å². The van der Waals surface area contributed by atoms with Gasteiger partial charge in [-0.25, -0.2) is 0 Å². The zero-order valence-corrected chi connectivity index (χ0v) is 14.6. The van der Waals surface area contributed by atoms with Crippen LogP contribution in [0.25, 0.3) is 22.4 Å². The number of thioether (sulfide) groups is 1. The number of aromatic nitrogens is 3. The van der Waals surface area contributed by atoms with Crippen molar-refractivity contribution in [3.05, 3.63) is 71.9 Å². The minimum absolute atomic E-state index is 0.299. The molecule has 0 saturated heterocycles. The highest BCUT2D eigenvalue weighted by molar-refractivity contribution is 7.98. The van der Waals surface area contributed by atoms with E-state index in [2.05, 4.69) is 15.2 Å². The Bertz CT molecular complexity index is 1090. The highest BCUT2D eigenvalue weighted by Crippen LogP contribution is 2.32. The number of halogens is 3. The van der Waals surface area contributed by atoms with Crippen molar-refractivity contribution in [2.75, 3.05) is 0 Å². The van der Waals surface area contributed by atoms with Crippen LogP contribution in [-0.2, 0) is 11.9 Å². The summed E-state index contributed by atoms with van der Waals surface area (Å²) in [6.45, 7) is 0. The van der Waals surface area contributed by atoms with E-state index < -0.39 is 11.7 Å². The first-order chi connectivity index (χ1) is 13.0. The molecule has 2 aromatic heterocycles. The Hall–Kier alpha value is -2.87. The SMILES string of the molecule is FC(F)(F)c1cccc(CSc2nnc(-c3ccc4ncccc4c3)o2)c1. The quantitative estimate of drug-likeness (QED) is 0.427. The van der Waals surface area contributed by atoms with Crippen LogP contribution >= 0.6 is 11.8 Å². The van der Waals surface area contributed by atoms with Crippen LogP contribution < -0.4 is 0 Å². The molecule has 4 rings (SSSR count). The maximum absolute atomic E-state index is 12.8. The third kappa shape index (κ3) is 3.95. The van der Waals surface area contributed by atoms with Crippen molar-refractivity contribution in [2.24, 2.45) is 0 Å². The molecule has 0 atom stereocenters. The molecule has 0 aliphatic heterocycles. The Morgan fingerprint density at radius 1 is 0.963 bits per heavy atom. The number of hydrogen-bond donors (Lipinski definition) is 0. The number of pyridine rings is 1. The van der Waals surface area contributed by atoms with Crippen LogP contribution in [0.3, 0.4) is 0 Å². The van der Waals surface area contributed by atoms with Gasteiger partial charge in [0.2, 0.25) is 5.89 Å². The fraction of sp³-hybridized carbons (Fsp3) is 0.105. The van der Waals surface area contributed by atoms with Crippen LogP contribution in [0.2, 0.25) is 0 Å². The number of benzene rings is 2. The molecular formula is C19H12F3N3OS. The molecule has 0 N–H and O–H groups in total. The van der Waals surface area contributed by atoms with Crippen LogP contribution in [0.4, 0.5) is 13.2 Å². The molecule has 0 unspecified atom stereocenters. The predicted molar refractivity (Wildman–Crippen MR) is 96.0 cm³/mol. The Balaban J connectivity index is 1.49. The highest BCUT2D eigenvalue weighted by atomic mass is 32.2. The summed E-state index contributed by atoms with van der Waals surface area (Å²) in [6.07, 6.45) is -2.64. The Labute approximate surface area is 156 Å². The standard InChI is InChI=1S/C19H12F3N3OS/c20-19(21,22)15-5-1-3-12(9-15)11-27-18-25-24-17(26-18)14-6-7-16-13(10-14)4-2-8-23-16/h1-10H,11H2. The predicted octanol–water partition coefficient (Wildman–Crippen LogP) is 5.60.